The van der Waals surface area contributed by atoms with E-state index in [0.717, 1.165) is 41.3 Å². The standard InChI is InChI=1S/C60H46N2/c1-5-14-45(15-6-1)48-28-36-57(37-29-48)61(55-20-9-3-10-21-55)59-40-32-50(33-41-59)47-24-26-51(27-25-47)53-18-13-19-54(44-53)52-34-42-60(43-35-52)62(56-22-11-4-12-23-56)58-38-30-49(31-39-58)46-16-7-2-8-17-46/h1-3,5-11,13-44H,4,12H2. The molecule has 0 saturated carbocycles. The van der Waals surface area contributed by atoms with Crippen LogP contribution in [0.4, 0.5) is 28.4 Å². The summed E-state index contributed by atoms with van der Waals surface area (Å²) in [6.07, 6.45) is 8.99. The summed E-state index contributed by atoms with van der Waals surface area (Å²) < 4.78 is 0. The van der Waals surface area contributed by atoms with Crippen molar-refractivity contribution in [3.8, 4) is 55.6 Å². The van der Waals surface area contributed by atoms with Crippen LogP contribution in [0.2, 0.25) is 0 Å². The monoisotopic (exact) mass is 794 g/mol. The van der Waals surface area contributed by atoms with Gasteiger partial charge in [-0.3, -0.25) is 0 Å². The Labute approximate surface area is 365 Å². The SMILES string of the molecule is C1=CC(N(c2ccc(-c3ccccc3)cc2)c2ccc(-c3cccc(-c4ccc(-c5ccc(N(c6ccccc6)c6ccc(-c7ccccc7)cc6)cc5)cc4)c3)cc2)=CCC1. The molecule has 0 unspecified atom stereocenters. The molecule has 0 amide bonds. The molecule has 9 aromatic rings. The van der Waals surface area contributed by atoms with E-state index in [0.29, 0.717) is 0 Å². The molecule has 0 aliphatic heterocycles. The lowest BCUT2D eigenvalue weighted by molar-refractivity contribution is 0.997. The van der Waals surface area contributed by atoms with Gasteiger partial charge in [0.25, 0.3) is 0 Å². The van der Waals surface area contributed by atoms with Gasteiger partial charge in [0, 0.05) is 34.1 Å². The highest BCUT2D eigenvalue weighted by Gasteiger charge is 2.16. The summed E-state index contributed by atoms with van der Waals surface area (Å²) in [5, 5.41) is 0. The van der Waals surface area contributed by atoms with E-state index in [1.807, 2.05) is 0 Å². The fourth-order valence-corrected chi connectivity index (χ4v) is 8.44. The third-order valence-electron chi connectivity index (χ3n) is 11.7. The fourth-order valence-electron chi connectivity index (χ4n) is 8.44. The molecule has 1 aliphatic carbocycles. The van der Waals surface area contributed by atoms with Gasteiger partial charge in [0.15, 0.2) is 0 Å². The molecule has 0 spiro atoms. The topological polar surface area (TPSA) is 6.48 Å². The first-order chi connectivity index (χ1) is 30.7. The summed E-state index contributed by atoms with van der Waals surface area (Å²) in [5.41, 5.74) is 18.9. The molecule has 0 radical (unpaired) electrons. The van der Waals surface area contributed by atoms with Crippen molar-refractivity contribution >= 4 is 28.4 Å². The van der Waals surface area contributed by atoms with Gasteiger partial charge in [0.05, 0.1) is 0 Å². The van der Waals surface area contributed by atoms with Gasteiger partial charge in [-0.05, 0) is 141 Å². The van der Waals surface area contributed by atoms with Crippen molar-refractivity contribution in [3.05, 3.63) is 261 Å². The molecule has 0 heterocycles. The molecule has 296 valence electrons. The lowest BCUT2D eigenvalue weighted by Crippen LogP contribution is -2.16. The first-order valence-corrected chi connectivity index (χ1v) is 21.5. The normalized spacial score (nSPS) is 12.1. The first-order valence-electron chi connectivity index (χ1n) is 21.5. The molecule has 2 heteroatoms. The summed E-state index contributed by atoms with van der Waals surface area (Å²) in [4.78, 5) is 4.68. The summed E-state index contributed by atoms with van der Waals surface area (Å²) in [5.74, 6) is 0. The number of nitrogens with zero attached hydrogens (tertiary/aromatic N) is 2. The van der Waals surface area contributed by atoms with E-state index in [9.17, 15) is 0 Å². The molecule has 9 aromatic carbocycles. The molecule has 0 N–H and O–H groups in total. The zero-order valence-corrected chi connectivity index (χ0v) is 34.6. The van der Waals surface area contributed by atoms with Crippen molar-refractivity contribution in [2.24, 2.45) is 0 Å². The zero-order chi connectivity index (χ0) is 41.5. The minimum atomic E-state index is 1.04. The molecule has 1 aliphatic rings. The Balaban J connectivity index is 0.867. The lowest BCUT2D eigenvalue weighted by Gasteiger charge is -2.28. The highest BCUT2D eigenvalue weighted by Crippen LogP contribution is 2.38. The number of allylic oxidation sites excluding steroid dienone is 3. The van der Waals surface area contributed by atoms with E-state index in [4.69, 9.17) is 0 Å². The Kier molecular flexibility index (Phi) is 10.9. The van der Waals surface area contributed by atoms with E-state index in [2.05, 4.69) is 265 Å². The van der Waals surface area contributed by atoms with E-state index in [1.54, 1.807) is 0 Å². The molecule has 10 rings (SSSR count). The van der Waals surface area contributed by atoms with Gasteiger partial charge >= 0.3 is 0 Å². The van der Waals surface area contributed by atoms with Crippen LogP contribution in [0.5, 0.6) is 0 Å². The molecule has 0 atom stereocenters. The predicted molar refractivity (Wildman–Crippen MR) is 263 cm³/mol. The number of para-hydroxylation sites is 1. The van der Waals surface area contributed by atoms with Gasteiger partial charge in [-0.25, -0.2) is 0 Å². The largest absolute Gasteiger partial charge is 0.311 e. The number of hydrogen-bond donors (Lipinski definition) is 0. The van der Waals surface area contributed by atoms with E-state index in [-0.39, 0.29) is 0 Å². The quantitative estimate of drug-likeness (QED) is 0.129. The van der Waals surface area contributed by atoms with Crippen molar-refractivity contribution in [3.63, 3.8) is 0 Å². The summed E-state index contributed by atoms with van der Waals surface area (Å²) in [6.45, 7) is 0. The fraction of sp³-hybridized carbons (Fsp3) is 0.0333. The van der Waals surface area contributed by atoms with Gasteiger partial charge in [-0.2, -0.15) is 0 Å². The third kappa shape index (κ3) is 8.28. The van der Waals surface area contributed by atoms with Crippen molar-refractivity contribution < 1.29 is 0 Å². The highest BCUT2D eigenvalue weighted by atomic mass is 15.1. The molecule has 0 fully saturated rings. The number of rotatable bonds is 11. The van der Waals surface area contributed by atoms with Crippen LogP contribution in [0.15, 0.2) is 261 Å². The van der Waals surface area contributed by atoms with Crippen molar-refractivity contribution in [2.45, 2.75) is 12.8 Å². The van der Waals surface area contributed by atoms with Gasteiger partial charge in [0.2, 0.25) is 0 Å². The maximum Gasteiger partial charge on any atom is 0.0462 e. The Bertz CT molecular complexity index is 2930. The van der Waals surface area contributed by atoms with Gasteiger partial charge < -0.3 is 9.80 Å². The summed E-state index contributed by atoms with van der Waals surface area (Å²) in [6, 6.07) is 85.1. The Morgan fingerprint density at radius 2 is 0.548 bits per heavy atom. The van der Waals surface area contributed by atoms with Crippen LogP contribution < -0.4 is 9.80 Å². The average molecular weight is 795 g/mol. The van der Waals surface area contributed by atoms with E-state index in [1.165, 1.54) is 61.3 Å². The maximum atomic E-state index is 2.36. The van der Waals surface area contributed by atoms with Gasteiger partial charge in [0.1, 0.15) is 0 Å². The molecule has 0 bridgehead atoms. The van der Waals surface area contributed by atoms with Gasteiger partial charge in [-0.15, -0.1) is 0 Å². The second-order valence-electron chi connectivity index (χ2n) is 15.7. The minimum absolute atomic E-state index is 1.04. The number of hydrogen-bond acceptors (Lipinski definition) is 2. The average Bonchev–Trinajstić information content (AvgIpc) is 3.36. The minimum Gasteiger partial charge on any atom is -0.311 e. The van der Waals surface area contributed by atoms with Crippen LogP contribution in [-0.2, 0) is 0 Å². The van der Waals surface area contributed by atoms with Crippen LogP contribution in [0.3, 0.4) is 0 Å². The maximum absolute atomic E-state index is 2.36. The molecule has 62 heavy (non-hydrogen) atoms. The Morgan fingerprint density at radius 3 is 0.935 bits per heavy atom. The van der Waals surface area contributed by atoms with Crippen molar-refractivity contribution in [1.82, 2.24) is 0 Å². The zero-order valence-electron chi connectivity index (χ0n) is 34.6. The molecule has 0 saturated heterocycles. The predicted octanol–water partition coefficient (Wildman–Crippen LogP) is 16.9. The lowest BCUT2D eigenvalue weighted by atomic mass is 9.97. The van der Waals surface area contributed by atoms with Crippen LogP contribution in [0.1, 0.15) is 12.8 Å². The summed E-state index contributed by atoms with van der Waals surface area (Å²) >= 11 is 0. The summed E-state index contributed by atoms with van der Waals surface area (Å²) in [7, 11) is 0. The first kappa shape index (κ1) is 38.3. The highest BCUT2D eigenvalue weighted by molar-refractivity contribution is 5.82. The van der Waals surface area contributed by atoms with Crippen molar-refractivity contribution in [2.75, 3.05) is 9.80 Å². The van der Waals surface area contributed by atoms with Crippen LogP contribution in [0, 0.1) is 0 Å². The Hall–Kier alpha value is -7.94. The number of benzene rings is 9. The molecule has 0 aromatic heterocycles. The third-order valence-corrected chi connectivity index (χ3v) is 11.7. The van der Waals surface area contributed by atoms with Crippen LogP contribution in [0.25, 0.3) is 55.6 Å². The van der Waals surface area contributed by atoms with E-state index < -0.39 is 0 Å². The smallest absolute Gasteiger partial charge is 0.0462 e. The van der Waals surface area contributed by atoms with Gasteiger partial charge in [-0.1, -0.05) is 182 Å². The second kappa shape index (κ2) is 17.7. The molecular formula is C60H46N2. The Morgan fingerprint density at radius 1 is 0.242 bits per heavy atom. The van der Waals surface area contributed by atoms with Crippen LogP contribution in [-0.4, -0.2) is 0 Å². The number of anilines is 5. The molecular weight excluding hydrogens is 749 g/mol. The second-order valence-corrected chi connectivity index (χ2v) is 15.7. The van der Waals surface area contributed by atoms with Crippen LogP contribution >= 0.6 is 0 Å². The molecule has 2 nitrogen and oxygen atoms in total. The van der Waals surface area contributed by atoms with Crippen molar-refractivity contribution in [1.29, 1.82) is 0 Å². The van der Waals surface area contributed by atoms with E-state index >= 15 is 0 Å².